The van der Waals surface area contributed by atoms with Gasteiger partial charge in [0.2, 0.25) is 0 Å². The number of aliphatic hydroxyl groups excluding tert-OH is 1. The zero-order chi connectivity index (χ0) is 25.8. The highest BCUT2D eigenvalue weighted by molar-refractivity contribution is 6.46. The number of pyridine rings is 1. The number of ether oxygens (including phenoxy) is 1. The number of aliphatic hydroxyl groups is 1. The second-order valence-corrected chi connectivity index (χ2v) is 9.47. The lowest BCUT2D eigenvalue weighted by atomic mass is 9.95. The zero-order valence-corrected chi connectivity index (χ0v) is 21.0. The predicted octanol–water partition coefficient (Wildman–Crippen LogP) is 4.80. The summed E-state index contributed by atoms with van der Waals surface area (Å²) in [7, 11) is 3.88. The van der Waals surface area contributed by atoms with Crippen LogP contribution in [-0.4, -0.2) is 47.4 Å². The number of aromatic nitrogens is 1. The highest BCUT2D eigenvalue weighted by atomic mass is 16.5. The van der Waals surface area contributed by atoms with E-state index in [1.54, 1.807) is 42.6 Å². The third-order valence-electron chi connectivity index (χ3n) is 6.01. The second-order valence-electron chi connectivity index (χ2n) is 9.47. The van der Waals surface area contributed by atoms with E-state index in [0.29, 0.717) is 29.5 Å². The molecule has 1 aliphatic rings. The highest BCUT2D eigenvalue weighted by Crippen LogP contribution is 2.40. The minimum absolute atomic E-state index is 0.0505. The number of hydrogen-bond donors (Lipinski definition) is 1. The Bertz CT molecular complexity index is 1270. The minimum Gasteiger partial charge on any atom is -0.507 e. The second kappa shape index (κ2) is 10.6. The number of Topliss-reactive ketones (excluding diaryl/α,β-unsaturated/α-hetero) is 1. The van der Waals surface area contributed by atoms with E-state index in [1.807, 2.05) is 49.3 Å². The lowest BCUT2D eigenvalue weighted by molar-refractivity contribution is -0.140. The van der Waals surface area contributed by atoms with Gasteiger partial charge in [-0.3, -0.25) is 14.6 Å². The molecule has 0 aliphatic carbocycles. The van der Waals surface area contributed by atoms with Gasteiger partial charge in [0.05, 0.1) is 30.5 Å². The summed E-state index contributed by atoms with van der Waals surface area (Å²) in [5.74, 6) is -0.699. The molecule has 36 heavy (non-hydrogen) atoms. The molecule has 1 aromatic heterocycles. The molecule has 1 atom stereocenters. The average molecular weight is 486 g/mol. The number of amides is 1. The largest absolute Gasteiger partial charge is 0.507 e. The van der Waals surface area contributed by atoms with Gasteiger partial charge in [-0.05, 0) is 47.9 Å². The summed E-state index contributed by atoms with van der Waals surface area (Å²) in [6.45, 7) is 4.76. The SMILES string of the molecule is CC(C)COc1cccc(/C(O)=C2/C(=O)C(=O)N(Cc3ccccn3)C2c2ccc(N(C)C)cc2)c1. The van der Waals surface area contributed by atoms with Crippen molar-refractivity contribution < 1.29 is 19.4 Å². The third-order valence-corrected chi connectivity index (χ3v) is 6.01. The molecule has 1 aliphatic heterocycles. The fourth-order valence-electron chi connectivity index (χ4n) is 4.16. The normalized spacial score (nSPS) is 17.0. The van der Waals surface area contributed by atoms with Gasteiger partial charge in [-0.1, -0.05) is 44.2 Å². The van der Waals surface area contributed by atoms with Crippen molar-refractivity contribution in [3.05, 3.63) is 95.3 Å². The van der Waals surface area contributed by atoms with Gasteiger partial charge in [0.1, 0.15) is 11.5 Å². The van der Waals surface area contributed by atoms with E-state index in [2.05, 4.69) is 18.8 Å². The third kappa shape index (κ3) is 5.25. The Balaban J connectivity index is 1.80. The molecule has 1 unspecified atom stereocenters. The zero-order valence-electron chi connectivity index (χ0n) is 21.0. The Morgan fingerprint density at radius 1 is 1.06 bits per heavy atom. The number of carbonyl (C=O) groups excluding carboxylic acids is 2. The quantitative estimate of drug-likeness (QED) is 0.280. The molecule has 0 radical (unpaired) electrons. The molecular weight excluding hydrogens is 454 g/mol. The Morgan fingerprint density at radius 2 is 1.81 bits per heavy atom. The first-order valence-corrected chi connectivity index (χ1v) is 11.9. The van der Waals surface area contributed by atoms with Crippen LogP contribution in [0.25, 0.3) is 5.76 Å². The van der Waals surface area contributed by atoms with Crippen LogP contribution in [0.15, 0.2) is 78.5 Å². The Morgan fingerprint density at radius 3 is 2.44 bits per heavy atom. The van der Waals surface area contributed by atoms with Crippen molar-refractivity contribution in [3.8, 4) is 5.75 Å². The van der Waals surface area contributed by atoms with Crippen molar-refractivity contribution in [1.82, 2.24) is 9.88 Å². The van der Waals surface area contributed by atoms with E-state index < -0.39 is 17.7 Å². The number of benzene rings is 2. The molecule has 186 valence electrons. The highest BCUT2D eigenvalue weighted by Gasteiger charge is 2.46. The van der Waals surface area contributed by atoms with Crippen LogP contribution in [-0.2, 0) is 16.1 Å². The van der Waals surface area contributed by atoms with Crippen molar-refractivity contribution >= 4 is 23.1 Å². The van der Waals surface area contributed by atoms with Crippen LogP contribution in [0.3, 0.4) is 0 Å². The van der Waals surface area contributed by atoms with Gasteiger partial charge < -0.3 is 19.6 Å². The van der Waals surface area contributed by atoms with Gasteiger partial charge in [-0.15, -0.1) is 0 Å². The topological polar surface area (TPSA) is 83.0 Å². The summed E-state index contributed by atoms with van der Waals surface area (Å²) in [5.41, 5.74) is 2.83. The van der Waals surface area contributed by atoms with Crippen LogP contribution in [0, 0.1) is 5.92 Å². The van der Waals surface area contributed by atoms with Crippen molar-refractivity contribution in [2.24, 2.45) is 5.92 Å². The van der Waals surface area contributed by atoms with Gasteiger partial charge in [-0.2, -0.15) is 0 Å². The van der Waals surface area contributed by atoms with E-state index in [9.17, 15) is 14.7 Å². The van der Waals surface area contributed by atoms with Crippen LogP contribution >= 0.6 is 0 Å². The summed E-state index contributed by atoms with van der Waals surface area (Å²) in [6.07, 6.45) is 1.65. The number of anilines is 1. The first-order valence-electron chi connectivity index (χ1n) is 11.9. The molecule has 7 heteroatoms. The monoisotopic (exact) mass is 485 g/mol. The summed E-state index contributed by atoms with van der Waals surface area (Å²) in [4.78, 5) is 34.3. The number of nitrogens with zero attached hydrogens (tertiary/aromatic N) is 3. The van der Waals surface area contributed by atoms with Gasteiger partial charge in [0.15, 0.2) is 0 Å². The number of rotatable bonds is 8. The van der Waals surface area contributed by atoms with E-state index in [0.717, 1.165) is 11.3 Å². The van der Waals surface area contributed by atoms with Crippen LogP contribution in [0.1, 0.15) is 36.7 Å². The van der Waals surface area contributed by atoms with Crippen molar-refractivity contribution in [2.75, 3.05) is 25.6 Å². The smallest absolute Gasteiger partial charge is 0.296 e. The molecule has 1 amide bonds. The molecule has 0 spiro atoms. The molecule has 2 heterocycles. The van der Waals surface area contributed by atoms with E-state index in [1.165, 1.54) is 4.90 Å². The van der Waals surface area contributed by atoms with Crippen LogP contribution in [0.2, 0.25) is 0 Å². The molecule has 1 saturated heterocycles. The lowest BCUT2D eigenvalue weighted by Crippen LogP contribution is -2.29. The van der Waals surface area contributed by atoms with Crippen LogP contribution in [0.5, 0.6) is 5.75 Å². The molecule has 3 aromatic rings. The maximum Gasteiger partial charge on any atom is 0.296 e. The van der Waals surface area contributed by atoms with Gasteiger partial charge in [0.25, 0.3) is 11.7 Å². The first kappa shape index (κ1) is 25.0. The molecule has 4 rings (SSSR count). The number of ketones is 1. The maximum atomic E-state index is 13.3. The molecule has 1 N–H and O–H groups in total. The lowest BCUT2D eigenvalue weighted by Gasteiger charge is -2.25. The number of hydrogen-bond acceptors (Lipinski definition) is 6. The summed E-state index contributed by atoms with van der Waals surface area (Å²) in [6, 6.07) is 19.3. The Kier molecular flexibility index (Phi) is 7.38. The Hall–Kier alpha value is -4.13. The minimum atomic E-state index is -0.761. The molecule has 7 nitrogen and oxygen atoms in total. The molecular formula is C29H31N3O4. The van der Waals surface area contributed by atoms with Gasteiger partial charge in [-0.25, -0.2) is 0 Å². The average Bonchev–Trinajstić information content (AvgIpc) is 3.12. The standard InChI is InChI=1S/C29H31N3O4/c1-19(2)18-36-24-10-7-8-21(16-24)27(33)25-26(20-11-13-23(14-12-20)31(3)4)32(29(35)28(25)34)17-22-9-5-6-15-30-22/h5-16,19,26,33H,17-18H2,1-4H3/b27-25-. The summed E-state index contributed by atoms with van der Waals surface area (Å²) in [5, 5.41) is 11.4. The fourth-order valence-corrected chi connectivity index (χ4v) is 4.16. The van der Waals surface area contributed by atoms with Crippen molar-refractivity contribution in [3.63, 3.8) is 0 Å². The van der Waals surface area contributed by atoms with Crippen molar-refractivity contribution in [1.29, 1.82) is 0 Å². The predicted molar refractivity (Wildman–Crippen MR) is 140 cm³/mol. The van der Waals surface area contributed by atoms with E-state index >= 15 is 0 Å². The van der Waals surface area contributed by atoms with Gasteiger partial charge in [0, 0.05) is 31.5 Å². The number of likely N-dealkylation sites (tertiary alicyclic amines) is 1. The maximum absolute atomic E-state index is 13.3. The molecule has 0 saturated carbocycles. The summed E-state index contributed by atoms with van der Waals surface area (Å²) >= 11 is 0. The molecule has 1 fully saturated rings. The first-order chi connectivity index (χ1) is 17.3. The summed E-state index contributed by atoms with van der Waals surface area (Å²) < 4.78 is 5.81. The van der Waals surface area contributed by atoms with Crippen molar-refractivity contribution in [2.45, 2.75) is 26.4 Å². The van der Waals surface area contributed by atoms with E-state index in [-0.39, 0.29) is 17.9 Å². The fraction of sp³-hybridized carbons (Fsp3) is 0.276. The van der Waals surface area contributed by atoms with Gasteiger partial charge >= 0.3 is 0 Å². The van der Waals surface area contributed by atoms with Crippen LogP contribution in [0.4, 0.5) is 5.69 Å². The molecule has 0 bridgehead atoms. The Labute approximate surface area is 211 Å². The number of carbonyl (C=O) groups is 2. The van der Waals surface area contributed by atoms with Crippen LogP contribution < -0.4 is 9.64 Å². The molecule has 2 aromatic carbocycles. The van der Waals surface area contributed by atoms with E-state index in [4.69, 9.17) is 4.74 Å².